The number of nitrogens with zero attached hydrogens (tertiary/aromatic N) is 5. The number of pyridine rings is 1. The van der Waals surface area contributed by atoms with Crippen molar-refractivity contribution in [1.82, 2.24) is 19.5 Å². The van der Waals surface area contributed by atoms with Crippen molar-refractivity contribution in [2.24, 2.45) is 0 Å². The highest BCUT2D eigenvalue weighted by Gasteiger charge is 2.25. The van der Waals surface area contributed by atoms with Gasteiger partial charge in [0.2, 0.25) is 0 Å². The van der Waals surface area contributed by atoms with Crippen molar-refractivity contribution in [3.63, 3.8) is 0 Å². The standard InChI is InChI=1S/C22H26FN5O/c23-19-5-3-17(4-6-19)14-26-9-1-2-18(15-26)22-24-21-8-7-20(16-28(21)25-22)27-10-12-29-13-11-27/h3-8,16,18H,1-2,9-15H2/t18-/m0/s1. The number of benzene rings is 1. The molecule has 2 fully saturated rings. The molecule has 152 valence electrons. The van der Waals surface area contributed by atoms with Crippen molar-refractivity contribution in [3.05, 3.63) is 59.8 Å². The van der Waals surface area contributed by atoms with E-state index in [0.717, 1.165) is 75.8 Å². The minimum absolute atomic E-state index is 0.185. The second-order valence-corrected chi connectivity index (χ2v) is 7.96. The van der Waals surface area contributed by atoms with E-state index in [9.17, 15) is 4.39 Å². The Balaban J connectivity index is 1.30. The zero-order chi connectivity index (χ0) is 19.6. The maximum atomic E-state index is 13.2. The molecule has 2 aromatic heterocycles. The average Bonchev–Trinajstić information content (AvgIpc) is 3.20. The van der Waals surface area contributed by atoms with E-state index in [1.807, 2.05) is 16.6 Å². The number of hydrogen-bond donors (Lipinski definition) is 0. The zero-order valence-corrected chi connectivity index (χ0v) is 16.5. The van der Waals surface area contributed by atoms with Gasteiger partial charge in [-0.05, 0) is 49.2 Å². The zero-order valence-electron chi connectivity index (χ0n) is 16.5. The number of aromatic nitrogens is 3. The molecule has 29 heavy (non-hydrogen) atoms. The summed E-state index contributed by atoms with van der Waals surface area (Å²) >= 11 is 0. The van der Waals surface area contributed by atoms with Crippen LogP contribution >= 0.6 is 0 Å². The molecule has 7 heteroatoms. The van der Waals surface area contributed by atoms with Crippen LogP contribution in [0, 0.1) is 5.82 Å². The SMILES string of the molecule is Fc1ccc(CN2CCC[C@H](c3nc4ccc(N5CCOCC5)cn4n3)C2)cc1. The highest BCUT2D eigenvalue weighted by Crippen LogP contribution is 2.27. The lowest BCUT2D eigenvalue weighted by Crippen LogP contribution is -2.36. The molecule has 3 aromatic rings. The van der Waals surface area contributed by atoms with Crippen molar-refractivity contribution in [1.29, 1.82) is 0 Å². The number of likely N-dealkylation sites (tertiary alicyclic amines) is 1. The van der Waals surface area contributed by atoms with Crippen molar-refractivity contribution in [2.45, 2.75) is 25.3 Å². The van der Waals surface area contributed by atoms with E-state index in [1.54, 1.807) is 0 Å². The molecule has 1 aromatic carbocycles. The van der Waals surface area contributed by atoms with Crippen LogP contribution in [0.4, 0.5) is 10.1 Å². The number of hydrogen-bond acceptors (Lipinski definition) is 5. The molecular weight excluding hydrogens is 369 g/mol. The molecule has 2 saturated heterocycles. The Morgan fingerprint density at radius 1 is 1.03 bits per heavy atom. The number of rotatable bonds is 4. The first kappa shape index (κ1) is 18.5. The molecule has 6 nitrogen and oxygen atoms in total. The normalized spacial score (nSPS) is 21.0. The van der Waals surface area contributed by atoms with E-state index >= 15 is 0 Å². The number of ether oxygens (including phenoxy) is 1. The molecule has 0 spiro atoms. The molecule has 5 rings (SSSR count). The number of anilines is 1. The lowest BCUT2D eigenvalue weighted by Gasteiger charge is -2.31. The maximum absolute atomic E-state index is 13.2. The smallest absolute Gasteiger partial charge is 0.156 e. The first-order valence-electron chi connectivity index (χ1n) is 10.4. The van der Waals surface area contributed by atoms with Gasteiger partial charge in [-0.25, -0.2) is 13.9 Å². The molecule has 2 aliphatic heterocycles. The molecule has 0 amide bonds. The molecular formula is C22H26FN5O. The van der Waals surface area contributed by atoms with E-state index < -0.39 is 0 Å². The fourth-order valence-corrected chi connectivity index (χ4v) is 4.33. The van der Waals surface area contributed by atoms with Gasteiger partial charge in [0.1, 0.15) is 5.82 Å². The summed E-state index contributed by atoms with van der Waals surface area (Å²) in [7, 11) is 0. The topological polar surface area (TPSA) is 45.9 Å². The van der Waals surface area contributed by atoms with Gasteiger partial charge in [-0.15, -0.1) is 0 Å². The van der Waals surface area contributed by atoms with E-state index in [1.165, 1.54) is 17.8 Å². The van der Waals surface area contributed by atoms with Gasteiger partial charge in [0.15, 0.2) is 11.5 Å². The minimum atomic E-state index is -0.185. The summed E-state index contributed by atoms with van der Waals surface area (Å²) in [5, 5.41) is 4.82. The Labute approximate surface area is 169 Å². The molecule has 0 aliphatic carbocycles. The Bertz CT molecular complexity index is 967. The monoisotopic (exact) mass is 395 g/mol. The van der Waals surface area contributed by atoms with Gasteiger partial charge in [-0.1, -0.05) is 12.1 Å². The highest BCUT2D eigenvalue weighted by atomic mass is 19.1. The first-order valence-corrected chi connectivity index (χ1v) is 10.4. The molecule has 0 unspecified atom stereocenters. The molecule has 4 heterocycles. The van der Waals surface area contributed by atoms with Gasteiger partial charge in [-0.3, -0.25) is 4.90 Å². The van der Waals surface area contributed by atoms with Crippen LogP contribution in [-0.4, -0.2) is 58.9 Å². The largest absolute Gasteiger partial charge is 0.378 e. The summed E-state index contributed by atoms with van der Waals surface area (Å²) in [6.45, 7) is 6.19. The van der Waals surface area contributed by atoms with Crippen LogP contribution in [0.2, 0.25) is 0 Å². The highest BCUT2D eigenvalue weighted by molar-refractivity contribution is 5.51. The van der Waals surface area contributed by atoms with Crippen molar-refractivity contribution < 1.29 is 9.13 Å². The second kappa shape index (κ2) is 8.08. The molecule has 0 saturated carbocycles. The first-order chi connectivity index (χ1) is 14.2. The second-order valence-electron chi connectivity index (χ2n) is 7.96. The Morgan fingerprint density at radius 3 is 2.69 bits per heavy atom. The average molecular weight is 395 g/mol. The van der Waals surface area contributed by atoms with Gasteiger partial charge in [0.05, 0.1) is 25.1 Å². The molecule has 1 atom stereocenters. The lowest BCUT2D eigenvalue weighted by molar-refractivity contribution is 0.122. The molecule has 0 radical (unpaired) electrons. The summed E-state index contributed by atoms with van der Waals surface area (Å²) in [4.78, 5) is 9.56. The molecule has 0 bridgehead atoms. The fraction of sp³-hybridized carbons (Fsp3) is 0.455. The van der Waals surface area contributed by atoms with Crippen LogP contribution in [0.15, 0.2) is 42.6 Å². The van der Waals surface area contributed by atoms with Gasteiger partial charge in [0, 0.05) is 32.1 Å². The van der Waals surface area contributed by atoms with Gasteiger partial charge in [0.25, 0.3) is 0 Å². The quantitative estimate of drug-likeness (QED) is 0.679. The van der Waals surface area contributed by atoms with Crippen molar-refractivity contribution >= 4 is 11.3 Å². The van der Waals surface area contributed by atoms with Crippen molar-refractivity contribution in [3.8, 4) is 0 Å². The van der Waals surface area contributed by atoms with Gasteiger partial charge < -0.3 is 9.64 Å². The number of halogens is 1. The van der Waals surface area contributed by atoms with E-state index in [2.05, 4.69) is 28.1 Å². The van der Waals surface area contributed by atoms with Crippen LogP contribution in [0.1, 0.15) is 30.1 Å². The van der Waals surface area contributed by atoms with Crippen molar-refractivity contribution in [2.75, 3.05) is 44.3 Å². The van der Waals surface area contributed by atoms with Crippen LogP contribution < -0.4 is 4.90 Å². The Morgan fingerprint density at radius 2 is 1.86 bits per heavy atom. The third-order valence-corrected chi connectivity index (χ3v) is 5.90. The summed E-state index contributed by atoms with van der Waals surface area (Å²) in [6.07, 6.45) is 4.31. The van der Waals surface area contributed by atoms with Crippen LogP contribution in [0.5, 0.6) is 0 Å². The van der Waals surface area contributed by atoms with Crippen LogP contribution in [0.25, 0.3) is 5.65 Å². The fourth-order valence-electron chi connectivity index (χ4n) is 4.33. The number of morpholine rings is 1. The van der Waals surface area contributed by atoms with Crippen LogP contribution in [0.3, 0.4) is 0 Å². The number of piperidine rings is 1. The summed E-state index contributed by atoms with van der Waals surface area (Å²) in [6, 6.07) is 11.0. The Kier molecular flexibility index (Phi) is 5.16. The minimum Gasteiger partial charge on any atom is -0.378 e. The number of fused-ring (bicyclic) bond motifs is 1. The maximum Gasteiger partial charge on any atom is 0.156 e. The predicted octanol–water partition coefficient (Wildman–Crippen LogP) is 3.08. The summed E-state index contributed by atoms with van der Waals surface area (Å²) in [5.74, 6) is 1.07. The third kappa shape index (κ3) is 4.11. The molecule has 0 N–H and O–H groups in total. The molecule has 2 aliphatic rings. The van der Waals surface area contributed by atoms with E-state index in [4.69, 9.17) is 14.8 Å². The Hall–Kier alpha value is -2.51. The van der Waals surface area contributed by atoms with Gasteiger partial charge in [-0.2, -0.15) is 5.10 Å². The summed E-state index contributed by atoms with van der Waals surface area (Å²) < 4.78 is 20.5. The predicted molar refractivity (Wildman–Crippen MR) is 110 cm³/mol. The third-order valence-electron chi connectivity index (χ3n) is 5.90. The lowest BCUT2D eigenvalue weighted by atomic mass is 9.97. The summed E-state index contributed by atoms with van der Waals surface area (Å²) in [5.41, 5.74) is 3.21. The van der Waals surface area contributed by atoms with E-state index in [-0.39, 0.29) is 5.82 Å². The van der Waals surface area contributed by atoms with Crippen LogP contribution in [-0.2, 0) is 11.3 Å². The van der Waals surface area contributed by atoms with E-state index in [0.29, 0.717) is 5.92 Å². The van der Waals surface area contributed by atoms with Gasteiger partial charge >= 0.3 is 0 Å².